The standard InChI is InChI=1S/C30H28F2N4O2/c31-20-11-21-22(14-33-28(21)23(32)12-20)29-34-24(17-5-3-16(4-6-17)15-1-2-15)13-25(36-29)35-27-19-9-7-18(8-10-19)26(27)30(37)38/h3-6,11-15,18-19,26-27,33H,1-2,7-10H2,(H,37,38)(H,34,35,36). The number of carboxylic acids is 1. The molecule has 0 aliphatic heterocycles. The molecule has 0 radical (unpaired) electrons. The number of anilines is 1. The number of carbonyl (C=O) groups is 1. The van der Waals surface area contributed by atoms with Gasteiger partial charge < -0.3 is 15.4 Å². The summed E-state index contributed by atoms with van der Waals surface area (Å²) in [5.74, 6) is -0.715. The predicted octanol–water partition coefficient (Wildman–Crippen LogP) is 6.75. The summed E-state index contributed by atoms with van der Waals surface area (Å²) in [7, 11) is 0. The zero-order valence-corrected chi connectivity index (χ0v) is 20.8. The molecule has 4 aromatic rings. The van der Waals surface area contributed by atoms with Gasteiger partial charge in [-0.05, 0) is 67.9 Å². The number of halogens is 2. The number of aromatic nitrogens is 3. The molecule has 3 N–H and O–H groups in total. The number of rotatable bonds is 6. The summed E-state index contributed by atoms with van der Waals surface area (Å²) in [5.41, 5.74) is 3.55. The molecule has 2 bridgehead atoms. The van der Waals surface area contributed by atoms with E-state index in [4.69, 9.17) is 9.97 Å². The summed E-state index contributed by atoms with van der Waals surface area (Å²) >= 11 is 0. The first kappa shape index (κ1) is 23.3. The number of nitrogens with one attached hydrogen (secondary N) is 2. The van der Waals surface area contributed by atoms with Crippen molar-refractivity contribution in [2.75, 3.05) is 5.32 Å². The fourth-order valence-electron chi connectivity index (χ4n) is 6.66. The predicted molar refractivity (Wildman–Crippen MR) is 141 cm³/mol. The van der Waals surface area contributed by atoms with Gasteiger partial charge in [-0.3, -0.25) is 4.79 Å². The maximum absolute atomic E-state index is 14.4. The number of aliphatic carboxylic acids is 1. The van der Waals surface area contributed by atoms with E-state index in [-0.39, 0.29) is 23.4 Å². The van der Waals surface area contributed by atoms with E-state index >= 15 is 0 Å². The van der Waals surface area contributed by atoms with Gasteiger partial charge in [-0.15, -0.1) is 0 Å². The van der Waals surface area contributed by atoms with Crippen molar-refractivity contribution in [3.8, 4) is 22.6 Å². The number of hydrogen-bond donors (Lipinski definition) is 3. The van der Waals surface area contributed by atoms with Gasteiger partial charge in [0.2, 0.25) is 0 Å². The van der Waals surface area contributed by atoms with E-state index in [1.54, 1.807) is 6.20 Å². The summed E-state index contributed by atoms with van der Waals surface area (Å²) < 4.78 is 28.6. The molecule has 2 unspecified atom stereocenters. The van der Waals surface area contributed by atoms with Crippen molar-refractivity contribution in [2.24, 2.45) is 17.8 Å². The van der Waals surface area contributed by atoms with Crippen LogP contribution in [-0.4, -0.2) is 32.1 Å². The molecule has 4 fully saturated rings. The molecule has 8 heteroatoms. The highest BCUT2D eigenvalue weighted by atomic mass is 19.1. The number of H-pyrrole nitrogens is 1. The minimum absolute atomic E-state index is 0.158. The average molecular weight is 515 g/mol. The Hall–Kier alpha value is -3.81. The van der Waals surface area contributed by atoms with Gasteiger partial charge in [0.1, 0.15) is 17.5 Å². The SMILES string of the molecule is O=C(O)C1C2CCC(CC2)C1Nc1cc(-c2ccc(C3CC3)cc2)nc(-c2c[nH]c3c(F)cc(F)cc23)n1. The smallest absolute Gasteiger partial charge is 0.308 e. The lowest BCUT2D eigenvalue weighted by molar-refractivity contribution is -0.148. The molecule has 2 aromatic heterocycles. The number of aromatic amines is 1. The molecule has 0 saturated heterocycles. The quantitative estimate of drug-likeness (QED) is 0.265. The van der Waals surface area contributed by atoms with E-state index in [0.29, 0.717) is 34.2 Å². The molecular weight excluding hydrogens is 486 g/mol. The Kier molecular flexibility index (Phi) is 5.46. The lowest BCUT2D eigenvalue weighted by atomic mass is 9.61. The summed E-state index contributed by atoms with van der Waals surface area (Å²) in [4.78, 5) is 24.7. The highest BCUT2D eigenvalue weighted by molar-refractivity contribution is 5.94. The zero-order valence-electron chi connectivity index (χ0n) is 20.8. The molecule has 4 aliphatic rings. The normalized spacial score (nSPS) is 24.6. The molecule has 4 saturated carbocycles. The number of nitrogens with zero attached hydrogens (tertiary/aromatic N) is 2. The highest BCUT2D eigenvalue weighted by Gasteiger charge is 2.47. The van der Waals surface area contributed by atoms with Crippen LogP contribution < -0.4 is 5.32 Å². The van der Waals surface area contributed by atoms with Crippen molar-refractivity contribution in [3.05, 3.63) is 65.9 Å². The second kappa shape index (κ2) is 8.89. The summed E-state index contributed by atoms with van der Waals surface area (Å²) in [6.07, 6.45) is 7.91. The number of hydrogen-bond acceptors (Lipinski definition) is 4. The van der Waals surface area contributed by atoms with Gasteiger partial charge in [-0.1, -0.05) is 24.3 Å². The molecule has 4 aliphatic carbocycles. The van der Waals surface area contributed by atoms with E-state index in [1.807, 2.05) is 18.2 Å². The maximum Gasteiger partial charge on any atom is 0.308 e. The van der Waals surface area contributed by atoms with Crippen LogP contribution in [-0.2, 0) is 4.79 Å². The lowest BCUT2D eigenvalue weighted by Gasteiger charge is -2.47. The van der Waals surface area contributed by atoms with Crippen molar-refractivity contribution in [3.63, 3.8) is 0 Å². The molecule has 8 rings (SSSR count). The molecule has 194 valence electrons. The third-order valence-corrected chi connectivity index (χ3v) is 8.75. The van der Waals surface area contributed by atoms with Crippen molar-refractivity contribution in [2.45, 2.75) is 50.5 Å². The number of fused-ring (bicyclic) bond motifs is 4. The minimum Gasteiger partial charge on any atom is -0.481 e. The molecule has 2 atom stereocenters. The van der Waals surface area contributed by atoms with Gasteiger partial charge >= 0.3 is 5.97 Å². The molecule has 2 aromatic carbocycles. The third-order valence-electron chi connectivity index (χ3n) is 8.75. The topological polar surface area (TPSA) is 90.9 Å². The summed E-state index contributed by atoms with van der Waals surface area (Å²) in [6, 6.07) is 12.1. The second-order valence-electron chi connectivity index (χ2n) is 11.1. The van der Waals surface area contributed by atoms with Gasteiger partial charge in [0.25, 0.3) is 0 Å². The first-order valence-corrected chi connectivity index (χ1v) is 13.4. The van der Waals surface area contributed by atoms with E-state index in [0.717, 1.165) is 37.3 Å². The summed E-state index contributed by atoms with van der Waals surface area (Å²) in [5, 5.41) is 13.9. The van der Waals surface area contributed by atoms with Gasteiger partial charge in [-0.25, -0.2) is 18.7 Å². The fraction of sp³-hybridized carbons (Fsp3) is 0.367. The summed E-state index contributed by atoms with van der Waals surface area (Å²) in [6.45, 7) is 0. The van der Waals surface area contributed by atoms with E-state index in [1.165, 1.54) is 24.5 Å². The Bertz CT molecular complexity index is 1540. The van der Waals surface area contributed by atoms with Crippen LogP contribution in [0, 0.1) is 29.4 Å². The van der Waals surface area contributed by atoms with Crippen LogP contribution in [0.1, 0.15) is 50.0 Å². The van der Waals surface area contributed by atoms with E-state index < -0.39 is 23.5 Å². The van der Waals surface area contributed by atoms with Crippen LogP contribution in [0.3, 0.4) is 0 Å². The maximum atomic E-state index is 14.4. The lowest BCUT2D eigenvalue weighted by Crippen LogP contribution is -2.51. The fourth-order valence-corrected chi connectivity index (χ4v) is 6.66. The first-order valence-electron chi connectivity index (χ1n) is 13.4. The van der Waals surface area contributed by atoms with Gasteiger partial charge in [0, 0.05) is 40.9 Å². The molecule has 6 nitrogen and oxygen atoms in total. The Balaban J connectivity index is 1.33. The molecular formula is C30H28F2N4O2. The van der Waals surface area contributed by atoms with Crippen LogP contribution in [0.4, 0.5) is 14.6 Å². The van der Waals surface area contributed by atoms with Crippen LogP contribution in [0.25, 0.3) is 33.5 Å². The molecule has 0 spiro atoms. The van der Waals surface area contributed by atoms with Crippen LogP contribution in [0.2, 0.25) is 0 Å². The molecule has 2 heterocycles. The molecule has 38 heavy (non-hydrogen) atoms. The Labute approximate surface area is 218 Å². The van der Waals surface area contributed by atoms with Gasteiger partial charge in [-0.2, -0.15) is 0 Å². The van der Waals surface area contributed by atoms with Crippen molar-refractivity contribution in [1.29, 1.82) is 0 Å². The van der Waals surface area contributed by atoms with E-state index in [9.17, 15) is 18.7 Å². The Morgan fingerprint density at radius 3 is 2.39 bits per heavy atom. The van der Waals surface area contributed by atoms with E-state index in [2.05, 4.69) is 22.4 Å². The van der Waals surface area contributed by atoms with Gasteiger partial charge in [0.05, 0.1) is 17.1 Å². The van der Waals surface area contributed by atoms with Crippen molar-refractivity contribution >= 4 is 22.7 Å². The zero-order chi connectivity index (χ0) is 26.0. The second-order valence-corrected chi connectivity index (χ2v) is 11.1. The highest BCUT2D eigenvalue weighted by Crippen LogP contribution is 2.46. The van der Waals surface area contributed by atoms with Crippen LogP contribution in [0.5, 0.6) is 0 Å². The first-order chi connectivity index (χ1) is 18.4. The van der Waals surface area contributed by atoms with Crippen molar-refractivity contribution in [1.82, 2.24) is 15.0 Å². The third kappa shape index (κ3) is 4.03. The van der Waals surface area contributed by atoms with Crippen LogP contribution in [0.15, 0.2) is 48.7 Å². The number of benzene rings is 2. The minimum atomic E-state index is -0.773. The largest absolute Gasteiger partial charge is 0.481 e. The molecule has 0 amide bonds. The monoisotopic (exact) mass is 514 g/mol. The van der Waals surface area contributed by atoms with Crippen LogP contribution >= 0.6 is 0 Å². The Morgan fingerprint density at radius 2 is 1.68 bits per heavy atom. The average Bonchev–Trinajstić information content (AvgIpc) is 3.68. The van der Waals surface area contributed by atoms with Crippen molar-refractivity contribution < 1.29 is 18.7 Å². The number of carboxylic acid groups (broad SMARTS) is 1. The van der Waals surface area contributed by atoms with Gasteiger partial charge in [0.15, 0.2) is 5.82 Å². The Morgan fingerprint density at radius 1 is 0.947 bits per heavy atom.